The predicted octanol–water partition coefficient (Wildman–Crippen LogP) is 1.40. The van der Waals surface area contributed by atoms with Gasteiger partial charge in [-0.1, -0.05) is 0 Å². The first-order chi connectivity index (χ1) is 11.1. The summed E-state index contributed by atoms with van der Waals surface area (Å²) in [5.41, 5.74) is 1.09. The Morgan fingerprint density at radius 3 is 2.78 bits per heavy atom. The molecule has 2 aliphatic heterocycles. The fraction of sp³-hybridized carbons (Fsp3) is 0.438. The zero-order valence-corrected chi connectivity index (χ0v) is 14.5. The van der Waals surface area contributed by atoms with E-state index < -0.39 is 0 Å². The first kappa shape index (κ1) is 14.8. The van der Waals surface area contributed by atoms with E-state index in [4.69, 9.17) is 0 Å². The molecule has 7 heteroatoms. The summed E-state index contributed by atoms with van der Waals surface area (Å²) < 4.78 is 2.51. The van der Waals surface area contributed by atoms with Crippen LogP contribution in [0.5, 0.6) is 0 Å². The van der Waals surface area contributed by atoms with Gasteiger partial charge in [-0.25, -0.2) is 4.98 Å². The zero-order chi connectivity index (χ0) is 16.0. The molecule has 2 aromatic heterocycles. The number of aryl methyl sites for hydroxylation is 1. The summed E-state index contributed by atoms with van der Waals surface area (Å²) in [5.74, 6) is 0.807. The number of anilines is 1. The van der Waals surface area contributed by atoms with Crippen LogP contribution in [0, 0.1) is 0 Å². The number of hydrogen-bond acceptors (Lipinski definition) is 5. The van der Waals surface area contributed by atoms with Crippen molar-refractivity contribution < 1.29 is 0 Å². The van der Waals surface area contributed by atoms with Gasteiger partial charge in [-0.15, -0.1) is 0 Å². The summed E-state index contributed by atoms with van der Waals surface area (Å²) in [5, 5.41) is 0. The molecule has 2 fully saturated rings. The summed E-state index contributed by atoms with van der Waals surface area (Å²) in [7, 11) is 1.72. The molecule has 0 radical (unpaired) electrons. The van der Waals surface area contributed by atoms with E-state index in [1.807, 2.05) is 12.3 Å². The lowest BCUT2D eigenvalue weighted by Gasteiger charge is -2.34. The Morgan fingerprint density at radius 2 is 2.13 bits per heavy atom. The number of rotatable bonds is 3. The van der Waals surface area contributed by atoms with E-state index in [0.29, 0.717) is 12.1 Å². The molecule has 0 spiro atoms. The van der Waals surface area contributed by atoms with Crippen molar-refractivity contribution in [3.05, 3.63) is 51.2 Å². The number of aromatic nitrogens is 3. The highest BCUT2D eigenvalue weighted by Gasteiger charge is 2.43. The third-order valence-corrected chi connectivity index (χ3v) is 5.23. The van der Waals surface area contributed by atoms with Crippen LogP contribution in [0.15, 0.2) is 40.0 Å². The second-order valence-electron chi connectivity index (χ2n) is 6.29. The van der Waals surface area contributed by atoms with E-state index in [2.05, 4.69) is 41.8 Å². The van der Waals surface area contributed by atoms with Crippen molar-refractivity contribution in [2.24, 2.45) is 7.05 Å². The van der Waals surface area contributed by atoms with Crippen molar-refractivity contribution in [1.82, 2.24) is 19.4 Å². The second kappa shape index (κ2) is 5.72. The molecule has 2 atom stereocenters. The zero-order valence-electron chi connectivity index (χ0n) is 12.9. The van der Waals surface area contributed by atoms with Gasteiger partial charge < -0.3 is 9.47 Å². The molecule has 6 nitrogen and oxygen atoms in total. The number of fused-ring (bicyclic) bond motifs is 2. The van der Waals surface area contributed by atoms with Gasteiger partial charge in [-0.2, -0.15) is 0 Å². The molecule has 0 saturated carbocycles. The van der Waals surface area contributed by atoms with Gasteiger partial charge in [0.2, 0.25) is 0 Å². The normalized spacial score (nSPS) is 23.7. The fourth-order valence-electron chi connectivity index (χ4n) is 3.54. The van der Waals surface area contributed by atoms with E-state index >= 15 is 0 Å². The minimum atomic E-state index is -0.00584. The van der Waals surface area contributed by atoms with Crippen molar-refractivity contribution in [1.29, 1.82) is 0 Å². The number of piperazine rings is 1. The molecule has 2 aliphatic rings. The standard InChI is InChI=1S/C16H18BrN5O/c1-20-10-19-15(5-16(20)23)22-9-13-4-14(22)8-21(13)7-12-3-2-11(17)6-18-12/h2-3,5-6,10,13-14H,4,7-9H2,1H3. The molecule has 4 rings (SSSR count). The van der Waals surface area contributed by atoms with E-state index in [1.54, 1.807) is 19.4 Å². The molecule has 2 bridgehead atoms. The third kappa shape index (κ3) is 2.79. The molecule has 0 N–H and O–H groups in total. The van der Waals surface area contributed by atoms with Crippen LogP contribution < -0.4 is 10.5 Å². The molecule has 0 amide bonds. The Bertz CT molecular complexity index is 775. The monoisotopic (exact) mass is 375 g/mol. The number of likely N-dealkylation sites (tertiary alicyclic amines) is 1. The highest BCUT2D eigenvalue weighted by molar-refractivity contribution is 9.10. The van der Waals surface area contributed by atoms with Crippen LogP contribution >= 0.6 is 15.9 Å². The van der Waals surface area contributed by atoms with E-state index in [1.165, 1.54) is 4.57 Å². The maximum Gasteiger partial charge on any atom is 0.255 e. The van der Waals surface area contributed by atoms with Gasteiger partial charge in [0.25, 0.3) is 5.56 Å². The van der Waals surface area contributed by atoms with Crippen LogP contribution in [0.2, 0.25) is 0 Å². The average Bonchev–Trinajstić information content (AvgIpc) is 3.12. The van der Waals surface area contributed by atoms with Gasteiger partial charge in [0, 0.05) is 55.5 Å². The molecular weight excluding hydrogens is 358 g/mol. The molecule has 2 unspecified atom stereocenters. The molecular formula is C16H18BrN5O. The summed E-state index contributed by atoms with van der Waals surface area (Å²) in [4.78, 5) is 25.4. The van der Waals surface area contributed by atoms with Gasteiger partial charge in [0.1, 0.15) is 5.82 Å². The van der Waals surface area contributed by atoms with Gasteiger partial charge in [0.05, 0.1) is 12.0 Å². The number of nitrogens with zero attached hydrogens (tertiary/aromatic N) is 5. The van der Waals surface area contributed by atoms with Gasteiger partial charge in [-0.3, -0.25) is 14.7 Å². The molecule has 4 heterocycles. The minimum absolute atomic E-state index is 0.00584. The first-order valence-electron chi connectivity index (χ1n) is 7.74. The van der Waals surface area contributed by atoms with E-state index in [9.17, 15) is 4.79 Å². The van der Waals surface area contributed by atoms with Crippen LogP contribution in [0.4, 0.5) is 5.82 Å². The number of hydrogen-bond donors (Lipinski definition) is 0. The summed E-state index contributed by atoms with van der Waals surface area (Å²) in [6.45, 7) is 2.81. The lowest BCUT2D eigenvalue weighted by molar-refractivity contribution is 0.227. The topological polar surface area (TPSA) is 54.3 Å². The van der Waals surface area contributed by atoms with Gasteiger partial charge in [0.15, 0.2) is 0 Å². The minimum Gasteiger partial charge on any atom is -0.350 e. The second-order valence-corrected chi connectivity index (χ2v) is 7.20. The lowest BCUT2D eigenvalue weighted by atomic mass is 10.2. The van der Waals surface area contributed by atoms with Crippen LogP contribution in [-0.4, -0.2) is 44.6 Å². The van der Waals surface area contributed by atoms with E-state index in [-0.39, 0.29) is 5.56 Å². The van der Waals surface area contributed by atoms with Gasteiger partial charge in [-0.05, 0) is 34.5 Å². The number of pyridine rings is 1. The maximum atomic E-state index is 11.8. The average molecular weight is 376 g/mol. The molecule has 2 saturated heterocycles. The van der Waals surface area contributed by atoms with E-state index in [0.717, 1.165) is 42.0 Å². The van der Waals surface area contributed by atoms with Crippen molar-refractivity contribution in [3.8, 4) is 0 Å². The fourth-order valence-corrected chi connectivity index (χ4v) is 3.78. The summed E-state index contributed by atoms with van der Waals surface area (Å²) in [6.07, 6.45) is 4.58. The Labute approximate surface area is 142 Å². The van der Waals surface area contributed by atoms with Crippen molar-refractivity contribution in [3.63, 3.8) is 0 Å². The molecule has 0 aromatic carbocycles. The van der Waals surface area contributed by atoms with Crippen molar-refractivity contribution in [2.75, 3.05) is 18.0 Å². The Hall–Kier alpha value is -1.73. The smallest absolute Gasteiger partial charge is 0.255 e. The number of halogens is 1. The quantitative estimate of drug-likeness (QED) is 0.811. The van der Waals surface area contributed by atoms with Crippen LogP contribution in [0.25, 0.3) is 0 Å². The van der Waals surface area contributed by atoms with Crippen LogP contribution in [-0.2, 0) is 13.6 Å². The molecule has 0 aliphatic carbocycles. The largest absolute Gasteiger partial charge is 0.350 e. The highest BCUT2D eigenvalue weighted by Crippen LogP contribution is 2.33. The van der Waals surface area contributed by atoms with Crippen LogP contribution in [0.3, 0.4) is 0 Å². The highest BCUT2D eigenvalue weighted by atomic mass is 79.9. The predicted molar refractivity (Wildman–Crippen MR) is 91.4 cm³/mol. The van der Waals surface area contributed by atoms with Crippen molar-refractivity contribution >= 4 is 21.7 Å². The SMILES string of the molecule is Cn1cnc(N2CC3CC2CN3Cc2ccc(Br)cn2)cc1=O. The summed E-state index contributed by atoms with van der Waals surface area (Å²) >= 11 is 3.42. The summed E-state index contributed by atoms with van der Waals surface area (Å²) in [6, 6.07) is 6.69. The first-order valence-corrected chi connectivity index (χ1v) is 8.53. The molecule has 2 aromatic rings. The van der Waals surface area contributed by atoms with Crippen molar-refractivity contribution in [2.45, 2.75) is 25.0 Å². The maximum absolute atomic E-state index is 11.8. The van der Waals surface area contributed by atoms with Crippen LogP contribution in [0.1, 0.15) is 12.1 Å². The lowest BCUT2D eigenvalue weighted by Crippen LogP contribution is -2.46. The molecule has 23 heavy (non-hydrogen) atoms. The molecule has 120 valence electrons. The third-order valence-electron chi connectivity index (χ3n) is 4.77. The van der Waals surface area contributed by atoms with Gasteiger partial charge >= 0.3 is 0 Å². The Balaban J connectivity index is 1.46. The Morgan fingerprint density at radius 1 is 1.26 bits per heavy atom. The Kier molecular flexibility index (Phi) is 3.69.